The predicted octanol–water partition coefficient (Wildman–Crippen LogP) is 6.90. The molecule has 0 aliphatic heterocycles. The van der Waals surface area contributed by atoms with Crippen LogP contribution in [0.2, 0.25) is 0 Å². The molecular weight excluding hydrogens is 424 g/mol. The highest BCUT2D eigenvalue weighted by Crippen LogP contribution is 2.25. The van der Waals surface area contributed by atoms with Crippen molar-refractivity contribution in [3.05, 3.63) is 66.5 Å². The van der Waals surface area contributed by atoms with Gasteiger partial charge in [-0.15, -0.1) is 0 Å². The van der Waals surface area contributed by atoms with Gasteiger partial charge in [-0.2, -0.15) is 0 Å². The molecule has 0 spiro atoms. The zero-order valence-electron chi connectivity index (χ0n) is 20.8. The summed E-state index contributed by atoms with van der Waals surface area (Å²) in [5, 5.41) is 0. The van der Waals surface area contributed by atoms with E-state index in [1.54, 1.807) is 0 Å². The van der Waals surface area contributed by atoms with E-state index in [1.807, 2.05) is 43.6 Å². The molecule has 1 heterocycles. The predicted molar refractivity (Wildman–Crippen MR) is 137 cm³/mol. The Morgan fingerprint density at radius 1 is 0.882 bits per heavy atom. The standard InChI is InChI=1S/C29H36N2O3/c1-5-7-8-23-18-30-29(31-19-23)26-11-9-24(10-12-26)25-13-15-27(16-14-25)33-20-22(4)34-28(32)17-21(3)6-2/h9-16,18-19,21-22H,5-8,17,20H2,1-4H3/t21?,22-/m1/s1. The van der Waals surface area contributed by atoms with Crippen molar-refractivity contribution < 1.29 is 14.3 Å². The second-order valence-electron chi connectivity index (χ2n) is 8.95. The van der Waals surface area contributed by atoms with Crippen LogP contribution in [0.5, 0.6) is 5.75 Å². The molecular formula is C29H36N2O3. The van der Waals surface area contributed by atoms with Gasteiger partial charge in [0, 0.05) is 24.4 Å². The van der Waals surface area contributed by atoms with Crippen LogP contribution in [0.25, 0.3) is 22.5 Å². The normalized spacial score (nSPS) is 12.7. The fraction of sp³-hybridized carbons (Fsp3) is 0.414. The van der Waals surface area contributed by atoms with Gasteiger partial charge < -0.3 is 9.47 Å². The topological polar surface area (TPSA) is 61.3 Å². The van der Waals surface area contributed by atoms with Crippen LogP contribution in [-0.4, -0.2) is 28.6 Å². The molecule has 180 valence electrons. The minimum atomic E-state index is -0.285. The Morgan fingerprint density at radius 2 is 1.47 bits per heavy atom. The van der Waals surface area contributed by atoms with Gasteiger partial charge in [0.1, 0.15) is 18.5 Å². The minimum Gasteiger partial charge on any atom is -0.490 e. The van der Waals surface area contributed by atoms with Gasteiger partial charge in [0.05, 0.1) is 0 Å². The lowest BCUT2D eigenvalue weighted by Crippen LogP contribution is -2.22. The van der Waals surface area contributed by atoms with E-state index in [0.717, 1.165) is 47.5 Å². The number of aryl methyl sites for hydroxylation is 1. The van der Waals surface area contributed by atoms with Crippen LogP contribution in [0, 0.1) is 5.92 Å². The third-order valence-corrected chi connectivity index (χ3v) is 5.88. The second kappa shape index (κ2) is 12.9. The molecule has 3 aromatic rings. The SMILES string of the molecule is CCCCc1cnc(-c2ccc(-c3ccc(OC[C@@H](C)OC(=O)CC(C)CC)cc3)cc2)nc1. The van der Waals surface area contributed by atoms with Crippen LogP contribution in [0.3, 0.4) is 0 Å². The molecule has 0 aliphatic carbocycles. The number of carbonyl (C=O) groups excluding carboxylic acids is 1. The Kier molecular flexibility index (Phi) is 9.62. The molecule has 5 heteroatoms. The number of nitrogens with zero attached hydrogens (tertiary/aromatic N) is 2. The van der Waals surface area contributed by atoms with E-state index in [9.17, 15) is 4.79 Å². The van der Waals surface area contributed by atoms with Crippen LogP contribution >= 0.6 is 0 Å². The molecule has 5 nitrogen and oxygen atoms in total. The highest BCUT2D eigenvalue weighted by atomic mass is 16.6. The number of aromatic nitrogens is 2. The van der Waals surface area contributed by atoms with E-state index >= 15 is 0 Å². The molecule has 2 atom stereocenters. The zero-order chi connectivity index (χ0) is 24.3. The first-order valence-corrected chi connectivity index (χ1v) is 12.3. The Bertz CT molecular complexity index is 1010. The maximum Gasteiger partial charge on any atom is 0.306 e. The number of hydrogen-bond acceptors (Lipinski definition) is 5. The van der Waals surface area contributed by atoms with Gasteiger partial charge in [-0.1, -0.05) is 70.0 Å². The van der Waals surface area contributed by atoms with Crippen LogP contribution in [0.1, 0.15) is 58.9 Å². The van der Waals surface area contributed by atoms with Gasteiger partial charge in [0.15, 0.2) is 5.82 Å². The van der Waals surface area contributed by atoms with Crippen molar-refractivity contribution in [2.45, 2.75) is 65.9 Å². The largest absolute Gasteiger partial charge is 0.490 e. The number of unbranched alkanes of at least 4 members (excludes halogenated alkanes) is 1. The molecule has 34 heavy (non-hydrogen) atoms. The van der Waals surface area contributed by atoms with Gasteiger partial charge in [-0.25, -0.2) is 9.97 Å². The van der Waals surface area contributed by atoms with E-state index in [4.69, 9.17) is 9.47 Å². The Morgan fingerprint density at radius 3 is 2.06 bits per heavy atom. The quantitative estimate of drug-likeness (QED) is 0.275. The maximum atomic E-state index is 11.9. The number of ether oxygens (including phenoxy) is 2. The summed E-state index contributed by atoms with van der Waals surface area (Å²) < 4.78 is 11.2. The summed E-state index contributed by atoms with van der Waals surface area (Å²) in [6.07, 6.45) is 8.34. The van der Waals surface area contributed by atoms with Gasteiger partial charge in [-0.3, -0.25) is 4.79 Å². The first-order valence-electron chi connectivity index (χ1n) is 12.3. The summed E-state index contributed by atoms with van der Waals surface area (Å²) in [6.45, 7) is 8.50. The molecule has 0 bridgehead atoms. The average molecular weight is 461 g/mol. The van der Waals surface area contributed by atoms with Gasteiger partial charge in [0.2, 0.25) is 0 Å². The third kappa shape index (κ3) is 7.68. The lowest BCUT2D eigenvalue weighted by molar-refractivity contribution is -0.150. The van der Waals surface area contributed by atoms with E-state index in [2.05, 4.69) is 55.0 Å². The molecule has 0 radical (unpaired) electrons. The molecule has 1 unspecified atom stereocenters. The Balaban J connectivity index is 1.53. The molecule has 0 fully saturated rings. The van der Waals surface area contributed by atoms with Crippen molar-refractivity contribution >= 4 is 5.97 Å². The Labute approximate surface area is 203 Å². The van der Waals surface area contributed by atoms with Gasteiger partial charge in [-0.05, 0) is 54.5 Å². The van der Waals surface area contributed by atoms with Crippen molar-refractivity contribution in [1.29, 1.82) is 0 Å². The molecule has 0 N–H and O–H groups in total. The average Bonchev–Trinajstić information content (AvgIpc) is 2.87. The lowest BCUT2D eigenvalue weighted by Gasteiger charge is -2.16. The summed E-state index contributed by atoms with van der Waals surface area (Å²) in [7, 11) is 0. The summed E-state index contributed by atoms with van der Waals surface area (Å²) >= 11 is 0. The van der Waals surface area contributed by atoms with E-state index < -0.39 is 0 Å². The van der Waals surface area contributed by atoms with Gasteiger partial charge >= 0.3 is 5.97 Å². The second-order valence-corrected chi connectivity index (χ2v) is 8.95. The van der Waals surface area contributed by atoms with E-state index in [-0.39, 0.29) is 12.1 Å². The van der Waals surface area contributed by atoms with Crippen molar-refractivity contribution in [2.24, 2.45) is 5.92 Å². The van der Waals surface area contributed by atoms with Crippen LogP contribution < -0.4 is 4.74 Å². The highest BCUT2D eigenvalue weighted by molar-refractivity contribution is 5.70. The van der Waals surface area contributed by atoms with E-state index in [1.165, 1.54) is 12.0 Å². The first kappa shape index (κ1) is 25.4. The Hall–Kier alpha value is -3.21. The molecule has 3 rings (SSSR count). The summed E-state index contributed by atoms with van der Waals surface area (Å²) in [6, 6.07) is 16.2. The van der Waals surface area contributed by atoms with Crippen molar-refractivity contribution in [2.75, 3.05) is 6.61 Å². The summed E-state index contributed by atoms with van der Waals surface area (Å²) in [5.74, 6) is 1.67. The molecule has 2 aromatic carbocycles. The van der Waals surface area contributed by atoms with E-state index in [0.29, 0.717) is 18.9 Å². The fourth-order valence-electron chi connectivity index (χ4n) is 3.52. The molecule has 0 saturated heterocycles. The number of benzene rings is 2. The van der Waals surface area contributed by atoms with Crippen LogP contribution in [-0.2, 0) is 16.0 Å². The number of hydrogen-bond donors (Lipinski definition) is 0. The first-order chi connectivity index (χ1) is 16.5. The maximum absolute atomic E-state index is 11.9. The lowest BCUT2D eigenvalue weighted by atomic mass is 10.0. The molecule has 0 amide bonds. The van der Waals surface area contributed by atoms with Crippen LogP contribution in [0.15, 0.2) is 60.9 Å². The van der Waals surface area contributed by atoms with Crippen molar-refractivity contribution in [3.63, 3.8) is 0 Å². The minimum absolute atomic E-state index is 0.165. The smallest absolute Gasteiger partial charge is 0.306 e. The number of rotatable bonds is 12. The molecule has 1 aromatic heterocycles. The number of esters is 1. The fourth-order valence-corrected chi connectivity index (χ4v) is 3.52. The molecule has 0 saturated carbocycles. The zero-order valence-corrected chi connectivity index (χ0v) is 20.8. The highest BCUT2D eigenvalue weighted by Gasteiger charge is 2.13. The van der Waals surface area contributed by atoms with Crippen molar-refractivity contribution in [1.82, 2.24) is 9.97 Å². The molecule has 0 aliphatic rings. The monoisotopic (exact) mass is 460 g/mol. The summed E-state index contributed by atoms with van der Waals surface area (Å²) in [5.41, 5.74) is 4.40. The third-order valence-electron chi connectivity index (χ3n) is 5.88. The van der Waals surface area contributed by atoms with Gasteiger partial charge in [0.25, 0.3) is 0 Å². The van der Waals surface area contributed by atoms with Crippen LogP contribution in [0.4, 0.5) is 0 Å². The van der Waals surface area contributed by atoms with Crippen molar-refractivity contribution in [3.8, 4) is 28.3 Å². The summed E-state index contributed by atoms with van der Waals surface area (Å²) in [4.78, 5) is 21.0. The number of carbonyl (C=O) groups is 1.